The van der Waals surface area contributed by atoms with Crippen molar-refractivity contribution in [3.05, 3.63) is 105 Å². The van der Waals surface area contributed by atoms with Gasteiger partial charge in [0.25, 0.3) is 11.6 Å². The first-order chi connectivity index (χ1) is 14.4. The molecule has 0 spiro atoms. The quantitative estimate of drug-likeness (QED) is 0.221. The van der Waals surface area contributed by atoms with Gasteiger partial charge in [-0.2, -0.15) is 5.10 Å². The summed E-state index contributed by atoms with van der Waals surface area (Å²) in [6, 6.07) is 19.0. The van der Waals surface area contributed by atoms with Crippen LogP contribution in [0.15, 0.2) is 77.9 Å². The zero-order chi connectivity index (χ0) is 21.5. The number of benzene rings is 3. The molecule has 0 aliphatic rings. The smallest absolute Gasteiger partial charge is 0.343 e. The molecule has 3 aromatic carbocycles. The molecule has 0 saturated carbocycles. The molecule has 0 atom stereocenters. The minimum Gasteiger partial charge on any atom is -0.422 e. The van der Waals surface area contributed by atoms with Crippen LogP contribution in [0.5, 0.6) is 5.75 Å². The highest BCUT2D eigenvalue weighted by atomic mass is 16.6. The Kier molecular flexibility index (Phi) is 6.29. The molecule has 0 radical (unpaired) electrons. The highest BCUT2D eigenvalue weighted by molar-refractivity contribution is 5.96. The third kappa shape index (κ3) is 5.14. The van der Waals surface area contributed by atoms with E-state index in [2.05, 4.69) is 10.5 Å². The lowest BCUT2D eigenvalue weighted by atomic mass is 10.1. The summed E-state index contributed by atoms with van der Waals surface area (Å²) in [6.07, 6.45) is 1.19. The van der Waals surface area contributed by atoms with Crippen LogP contribution in [0, 0.1) is 17.0 Å². The Balaban J connectivity index is 1.81. The maximum absolute atomic E-state index is 12.4. The second kappa shape index (κ2) is 9.24. The highest BCUT2D eigenvalue weighted by Crippen LogP contribution is 2.24. The van der Waals surface area contributed by atoms with E-state index in [0.29, 0.717) is 11.1 Å². The number of nitrogens with one attached hydrogen (secondary N) is 1. The molecule has 1 amide bonds. The third-order valence-electron chi connectivity index (χ3n) is 4.10. The minimum atomic E-state index is -0.619. The molecule has 30 heavy (non-hydrogen) atoms. The van der Waals surface area contributed by atoms with Gasteiger partial charge in [-0.1, -0.05) is 35.9 Å². The topological polar surface area (TPSA) is 111 Å². The van der Waals surface area contributed by atoms with Gasteiger partial charge in [0.2, 0.25) is 0 Å². The fourth-order valence-corrected chi connectivity index (χ4v) is 2.51. The van der Waals surface area contributed by atoms with Gasteiger partial charge >= 0.3 is 5.97 Å². The molecule has 1 N–H and O–H groups in total. The van der Waals surface area contributed by atoms with Gasteiger partial charge in [0.15, 0.2) is 0 Å². The predicted molar refractivity (Wildman–Crippen MR) is 111 cm³/mol. The molecule has 3 rings (SSSR count). The zero-order valence-corrected chi connectivity index (χ0v) is 15.9. The average Bonchev–Trinajstić information content (AvgIpc) is 2.75. The molecule has 0 aliphatic heterocycles. The van der Waals surface area contributed by atoms with Crippen molar-refractivity contribution >= 4 is 23.8 Å². The Morgan fingerprint density at radius 1 is 1.00 bits per heavy atom. The monoisotopic (exact) mass is 403 g/mol. The largest absolute Gasteiger partial charge is 0.422 e. The summed E-state index contributed by atoms with van der Waals surface area (Å²) >= 11 is 0. The summed E-state index contributed by atoms with van der Waals surface area (Å²) < 4.78 is 5.38. The minimum absolute atomic E-state index is 0.0730. The number of hydrogen-bond donors (Lipinski definition) is 1. The number of aryl methyl sites for hydroxylation is 1. The van der Waals surface area contributed by atoms with E-state index < -0.39 is 16.8 Å². The van der Waals surface area contributed by atoms with Crippen LogP contribution in [0.4, 0.5) is 5.69 Å². The average molecular weight is 403 g/mol. The van der Waals surface area contributed by atoms with E-state index in [1.54, 1.807) is 54.6 Å². The summed E-state index contributed by atoms with van der Waals surface area (Å²) in [4.78, 5) is 35.0. The van der Waals surface area contributed by atoms with Crippen molar-refractivity contribution in [3.63, 3.8) is 0 Å². The summed E-state index contributed by atoms with van der Waals surface area (Å²) in [5, 5.41) is 14.9. The first-order valence-corrected chi connectivity index (χ1v) is 8.90. The van der Waals surface area contributed by atoms with Crippen LogP contribution >= 0.6 is 0 Å². The molecular weight excluding hydrogens is 386 g/mol. The number of esters is 1. The molecule has 150 valence electrons. The number of nitro benzene ring substituents is 1. The number of hydrogen-bond acceptors (Lipinski definition) is 6. The van der Waals surface area contributed by atoms with Crippen LogP contribution in [0.3, 0.4) is 0 Å². The van der Waals surface area contributed by atoms with Gasteiger partial charge in [0, 0.05) is 23.3 Å². The molecule has 0 saturated heterocycles. The number of amides is 1. The maximum atomic E-state index is 12.4. The van der Waals surface area contributed by atoms with E-state index in [1.807, 2.05) is 6.92 Å². The number of nitrogens with zero attached hydrogens (tertiary/aromatic N) is 2. The van der Waals surface area contributed by atoms with Crippen LogP contribution < -0.4 is 10.2 Å². The van der Waals surface area contributed by atoms with Crippen LogP contribution in [0.1, 0.15) is 31.8 Å². The van der Waals surface area contributed by atoms with E-state index >= 15 is 0 Å². The highest BCUT2D eigenvalue weighted by Gasteiger charge is 2.15. The lowest BCUT2D eigenvalue weighted by Crippen LogP contribution is -2.17. The Labute approximate surface area is 172 Å². The van der Waals surface area contributed by atoms with E-state index in [9.17, 15) is 19.7 Å². The lowest BCUT2D eigenvalue weighted by molar-refractivity contribution is -0.384. The first kappa shape index (κ1) is 20.4. The molecule has 0 aromatic heterocycles. The van der Waals surface area contributed by atoms with Crippen molar-refractivity contribution in [2.75, 3.05) is 0 Å². The molecule has 0 bridgehead atoms. The number of rotatable bonds is 6. The zero-order valence-electron chi connectivity index (χ0n) is 15.9. The molecule has 0 fully saturated rings. The molecule has 0 aliphatic carbocycles. The molecule has 3 aromatic rings. The molecule has 0 unspecified atom stereocenters. The van der Waals surface area contributed by atoms with Crippen molar-refractivity contribution in [2.24, 2.45) is 5.10 Å². The first-order valence-electron chi connectivity index (χ1n) is 8.90. The number of ether oxygens (including phenoxy) is 1. The van der Waals surface area contributed by atoms with E-state index in [4.69, 9.17) is 4.74 Å². The van der Waals surface area contributed by atoms with E-state index in [-0.39, 0.29) is 17.0 Å². The summed E-state index contributed by atoms with van der Waals surface area (Å²) in [5.74, 6) is -0.994. The van der Waals surface area contributed by atoms with Crippen LogP contribution in [0.2, 0.25) is 0 Å². The Morgan fingerprint density at radius 2 is 1.70 bits per heavy atom. The predicted octanol–water partition coefficient (Wildman–Crippen LogP) is 3.89. The number of non-ortho nitro benzene ring substituents is 1. The van der Waals surface area contributed by atoms with Gasteiger partial charge in [0.1, 0.15) is 5.75 Å². The SMILES string of the molecule is Cc1ccc(C(=O)Oc2ccc([N+](=O)[O-])cc2/C=N/NC(=O)c2ccccc2)cc1. The van der Waals surface area contributed by atoms with Gasteiger partial charge in [0.05, 0.1) is 16.7 Å². The van der Waals surface area contributed by atoms with Gasteiger partial charge in [-0.3, -0.25) is 14.9 Å². The molecular formula is C22H17N3O5. The van der Waals surface area contributed by atoms with Crippen molar-refractivity contribution in [3.8, 4) is 5.75 Å². The van der Waals surface area contributed by atoms with Gasteiger partial charge in [-0.25, -0.2) is 10.2 Å². The second-order valence-electron chi connectivity index (χ2n) is 6.30. The van der Waals surface area contributed by atoms with Crippen LogP contribution in [0.25, 0.3) is 0 Å². The van der Waals surface area contributed by atoms with Crippen molar-refractivity contribution in [1.29, 1.82) is 0 Å². The summed E-state index contributed by atoms with van der Waals surface area (Å²) in [5.41, 5.74) is 4.02. The third-order valence-corrected chi connectivity index (χ3v) is 4.10. The van der Waals surface area contributed by atoms with Crippen molar-refractivity contribution in [2.45, 2.75) is 6.92 Å². The standard InChI is InChI=1S/C22H17N3O5/c1-15-7-9-17(10-8-15)22(27)30-20-12-11-19(25(28)29)13-18(20)14-23-24-21(26)16-5-3-2-4-6-16/h2-14H,1H3,(H,24,26)/b23-14+. The van der Waals surface area contributed by atoms with Gasteiger partial charge in [-0.15, -0.1) is 0 Å². The Bertz CT molecular complexity index is 1110. The van der Waals surface area contributed by atoms with Crippen molar-refractivity contribution < 1.29 is 19.2 Å². The second-order valence-corrected chi connectivity index (χ2v) is 6.30. The van der Waals surface area contributed by atoms with E-state index in [0.717, 1.165) is 5.56 Å². The Hall–Kier alpha value is -4.33. The lowest BCUT2D eigenvalue weighted by Gasteiger charge is -2.08. The summed E-state index contributed by atoms with van der Waals surface area (Å²) in [6.45, 7) is 1.89. The van der Waals surface area contributed by atoms with Gasteiger partial charge in [-0.05, 0) is 37.3 Å². The number of carbonyl (C=O) groups excluding carboxylic acids is 2. The van der Waals surface area contributed by atoms with Crippen LogP contribution in [-0.2, 0) is 0 Å². The Morgan fingerprint density at radius 3 is 2.37 bits per heavy atom. The van der Waals surface area contributed by atoms with E-state index in [1.165, 1.54) is 24.4 Å². The number of nitro groups is 1. The van der Waals surface area contributed by atoms with Crippen LogP contribution in [-0.4, -0.2) is 23.0 Å². The normalized spacial score (nSPS) is 10.6. The molecule has 8 nitrogen and oxygen atoms in total. The number of carbonyl (C=O) groups is 2. The summed E-state index contributed by atoms with van der Waals surface area (Å²) in [7, 11) is 0. The van der Waals surface area contributed by atoms with Crippen molar-refractivity contribution in [1.82, 2.24) is 5.43 Å². The van der Waals surface area contributed by atoms with Gasteiger partial charge < -0.3 is 4.74 Å². The maximum Gasteiger partial charge on any atom is 0.343 e. The molecule has 0 heterocycles. The molecule has 8 heteroatoms. The fourth-order valence-electron chi connectivity index (χ4n) is 2.51. The number of hydrazone groups is 1. The fraction of sp³-hybridized carbons (Fsp3) is 0.0455.